The summed E-state index contributed by atoms with van der Waals surface area (Å²) in [5.41, 5.74) is 1.22. The number of hydrogen-bond donors (Lipinski definition) is 0. The lowest BCUT2D eigenvalue weighted by Crippen LogP contribution is -2.26. The first kappa shape index (κ1) is 19.5. The highest BCUT2D eigenvalue weighted by atomic mass is 16.6. The van der Waals surface area contributed by atoms with Crippen molar-refractivity contribution in [1.29, 1.82) is 0 Å². The third-order valence-corrected chi connectivity index (χ3v) is 3.38. The molecule has 0 saturated heterocycles. The lowest BCUT2D eigenvalue weighted by molar-refractivity contribution is -0.385. The van der Waals surface area contributed by atoms with Crippen molar-refractivity contribution in [2.45, 2.75) is 0 Å². The molecule has 0 aliphatic heterocycles. The Morgan fingerprint density at radius 3 is 1.63 bits per heavy atom. The predicted octanol–water partition coefficient (Wildman–Crippen LogP) is 2.69. The highest BCUT2D eigenvalue weighted by Gasteiger charge is 2.05. The predicted molar refractivity (Wildman–Crippen MR) is 102 cm³/mol. The molecule has 0 bridgehead atoms. The second-order valence-corrected chi connectivity index (χ2v) is 5.65. The number of nitro benzene ring substituents is 2. The van der Waals surface area contributed by atoms with Crippen LogP contribution >= 0.6 is 0 Å². The fourth-order valence-electron chi connectivity index (χ4n) is 2.14. The van der Waals surface area contributed by atoms with E-state index in [1.807, 2.05) is 0 Å². The largest absolute Gasteiger partial charge is 0.279 e. The summed E-state index contributed by atoms with van der Waals surface area (Å²) >= 11 is 0. The summed E-state index contributed by atoms with van der Waals surface area (Å²) in [6, 6.07) is 12.3. The van der Waals surface area contributed by atoms with Crippen LogP contribution in [0, 0.1) is 20.2 Å². The summed E-state index contributed by atoms with van der Waals surface area (Å²) in [7, 11) is 3.46. The van der Waals surface area contributed by atoms with Crippen LogP contribution < -0.4 is 0 Å². The summed E-state index contributed by atoms with van der Waals surface area (Å²) in [4.78, 5) is 20.6. The SMILES string of the molecule is CN(CN(C)/N=C\c1cccc([N+](=O)[O-])c1)/N=C\c1cccc([N+](=O)[O-])c1. The maximum atomic E-state index is 10.8. The Morgan fingerprint density at radius 1 is 0.852 bits per heavy atom. The molecule has 0 spiro atoms. The molecule has 140 valence electrons. The van der Waals surface area contributed by atoms with Crippen molar-refractivity contribution in [2.24, 2.45) is 10.2 Å². The minimum Gasteiger partial charge on any atom is -0.279 e. The van der Waals surface area contributed by atoms with Crippen molar-refractivity contribution in [3.05, 3.63) is 79.9 Å². The number of nitro groups is 2. The average Bonchev–Trinajstić information content (AvgIpc) is 2.65. The van der Waals surface area contributed by atoms with Gasteiger partial charge in [0.25, 0.3) is 11.4 Å². The van der Waals surface area contributed by atoms with Gasteiger partial charge in [0.2, 0.25) is 0 Å². The summed E-state index contributed by atoms with van der Waals surface area (Å²) in [5, 5.41) is 33.2. The van der Waals surface area contributed by atoms with Crippen LogP contribution in [-0.4, -0.2) is 53.1 Å². The van der Waals surface area contributed by atoms with Crippen LogP contribution in [0.3, 0.4) is 0 Å². The van der Waals surface area contributed by atoms with E-state index in [1.54, 1.807) is 48.4 Å². The van der Waals surface area contributed by atoms with E-state index in [1.165, 1.54) is 36.7 Å². The van der Waals surface area contributed by atoms with Crippen molar-refractivity contribution in [1.82, 2.24) is 10.0 Å². The Hall–Kier alpha value is -3.82. The van der Waals surface area contributed by atoms with Crippen molar-refractivity contribution in [2.75, 3.05) is 20.8 Å². The monoisotopic (exact) mass is 370 g/mol. The smallest absolute Gasteiger partial charge is 0.270 e. The molecule has 2 aromatic rings. The van der Waals surface area contributed by atoms with Crippen LogP contribution in [0.15, 0.2) is 58.7 Å². The Balaban J connectivity index is 1.94. The zero-order valence-corrected chi connectivity index (χ0v) is 14.8. The molecule has 0 aliphatic rings. The average molecular weight is 370 g/mol. The lowest BCUT2D eigenvalue weighted by atomic mass is 10.2. The van der Waals surface area contributed by atoms with E-state index in [0.29, 0.717) is 17.8 Å². The Morgan fingerprint density at radius 2 is 1.26 bits per heavy atom. The molecule has 0 atom stereocenters. The van der Waals surface area contributed by atoms with Gasteiger partial charge in [-0.05, 0) is 0 Å². The maximum absolute atomic E-state index is 10.8. The third kappa shape index (κ3) is 6.20. The highest BCUT2D eigenvalue weighted by molar-refractivity contribution is 5.81. The second kappa shape index (κ2) is 9.04. The molecule has 0 unspecified atom stereocenters. The van der Waals surface area contributed by atoms with Crippen molar-refractivity contribution in [3.8, 4) is 0 Å². The molecule has 10 nitrogen and oxygen atoms in total. The van der Waals surface area contributed by atoms with E-state index in [9.17, 15) is 20.2 Å². The van der Waals surface area contributed by atoms with Crippen LogP contribution in [0.5, 0.6) is 0 Å². The minimum atomic E-state index is -0.461. The topological polar surface area (TPSA) is 117 Å². The van der Waals surface area contributed by atoms with Gasteiger partial charge in [0.05, 0.1) is 22.3 Å². The maximum Gasteiger partial charge on any atom is 0.270 e. The van der Waals surface area contributed by atoms with Crippen LogP contribution in [0.4, 0.5) is 11.4 Å². The van der Waals surface area contributed by atoms with Gasteiger partial charge in [-0.25, -0.2) is 0 Å². The Bertz CT molecular complexity index is 812. The van der Waals surface area contributed by atoms with Gasteiger partial charge in [0, 0.05) is 49.5 Å². The standard InChI is InChI=1S/C17H18N6O4/c1-20(18-11-14-5-3-7-16(9-14)22(24)25)13-21(2)19-12-15-6-4-8-17(10-15)23(26)27/h3-12H,13H2,1-2H3/b18-11-,19-12-. The molecule has 27 heavy (non-hydrogen) atoms. The zero-order valence-electron chi connectivity index (χ0n) is 14.8. The molecule has 0 saturated carbocycles. The molecular formula is C17H18N6O4. The van der Waals surface area contributed by atoms with E-state index in [-0.39, 0.29) is 11.4 Å². The highest BCUT2D eigenvalue weighted by Crippen LogP contribution is 2.12. The quantitative estimate of drug-likeness (QED) is 0.305. The second-order valence-electron chi connectivity index (χ2n) is 5.65. The molecule has 0 radical (unpaired) electrons. The third-order valence-electron chi connectivity index (χ3n) is 3.38. The molecule has 0 aromatic heterocycles. The van der Waals surface area contributed by atoms with Crippen LogP contribution in [0.1, 0.15) is 11.1 Å². The summed E-state index contributed by atoms with van der Waals surface area (Å²) in [6.07, 6.45) is 3.04. The van der Waals surface area contributed by atoms with Crippen molar-refractivity contribution in [3.63, 3.8) is 0 Å². The van der Waals surface area contributed by atoms with E-state index in [0.717, 1.165) is 0 Å². The van der Waals surface area contributed by atoms with Gasteiger partial charge in [0.15, 0.2) is 0 Å². The molecule has 2 rings (SSSR count). The van der Waals surface area contributed by atoms with Crippen molar-refractivity contribution >= 4 is 23.8 Å². The van der Waals surface area contributed by atoms with Crippen LogP contribution in [0.2, 0.25) is 0 Å². The van der Waals surface area contributed by atoms with Gasteiger partial charge in [-0.2, -0.15) is 10.2 Å². The summed E-state index contributed by atoms with van der Waals surface area (Å²) in [5.74, 6) is 0. The number of nitrogens with zero attached hydrogens (tertiary/aromatic N) is 6. The first-order chi connectivity index (χ1) is 12.8. The summed E-state index contributed by atoms with van der Waals surface area (Å²) < 4.78 is 0. The van der Waals surface area contributed by atoms with Gasteiger partial charge in [-0.15, -0.1) is 0 Å². The normalized spacial score (nSPS) is 11.0. The molecule has 0 heterocycles. The van der Waals surface area contributed by atoms with Crippen LogP contribution in [-0.2, 0) is 0 Å². The van der Waals surface area contributed by atoms with E-state index < -0.39 is 9.85 Å². The lowest BCUT2D eigenvalue weighted by Gasteiger charge is -2.19. The first-order valence-corrected chi connectivity index (χ1v) is 7.84. The molecule has 0 amide bonds. The molecule has 10 heteroatoms. The number of hydrazone groups is 2. The number of benzene rings is 2. The molecule has 0 N–H and O–H groups in total. The number of hydrogen-bond acceptors (Lipinski definition) is 8. The van der Waals surface area contributed by atoms with Crippen LogP contribution in [0.25, 0.3) is 0 Å². The molecular weight excluding hydrogens is 352 g/mol. The Labute approximate surface area is 155 Å². The fourth-order valence-corrected chi connectivity index (χ4v) is 2.14. The summed E-state index contributed by atoms with van der Waals surface area (Å²) in [6.45, 7) is 0.344. The number of non-ortho nitro benzene ring substituents is 2. The Kier molecular flexibility index (Phi) is 6.53. The minimum absolute atomic E-state index is 0.000255. The van der Waals surface area contributed by atoms with E-state index >= 15 is 0 Å². The van der Waals surface area contributed by atoms with E-state index in [2.05, 4.69) is 10.2 Å². The van der Waals surface area contributed by atoms with Gasteiger partial charge in [-0.1, -0.05) is 24.3 Å². The van der Waals surface area contributed by atoms with Gasteiger partial charge >= 0.3 is 0 Å². The van der Waals surface area contributed by atoms with Gasteiger partial charge in [-0.3, -0.25) is 30.2 Å². The number of rotatable bonds is 8. The molecule has 2 aromatic carbocycles. The van der Waals surface area contributed by atoms with Gasteiger partial charge in [0.1, 0.15) is 6.67 Å². The molecule has 0 aliphatic carbocycles. The van der Waals surface area contributed by atoms with Gasteiger partial charge < -0.3 is 0 Å². The molecule has 0 fully saturated rings. The zero-order chi connectivity index (χ0) is 19.8. The fraction of sp³-hybridized carbons (Fsp3) is 0.176. The van der Waals surface area contributed by atoms with E-state index in [4.69, 9.17) is 0 Å². The van der Waals surface area contributed by atoms with Crippen molar-refractivity contribution < 1.29 is 9.85 Å². The first-order valence-electron chi connectivity index (χ1n) is 7.84.